The number of nitrogens with one attached hydrogen (secondary N) is 16. The van der Waals surface area contributed by atoms with Gasteiger partial charge >= 0.3 is 0 Å². The molecule has 676 valence electrons. The highest BCUT2D eigenvalue weighted by molar-refractivity contribution is 8.00. The van der Waals surface area contributed by atoms with Crippen molar-refractivity contribution in [2.75, 3.05) is 57.7 Å². The van der Waals surface area contributed by atoms with Gasteiger partial charge in [-0.1, -0.05) is 140 Å². The van der Waals surface area contributed by atoms with Gasteiger partial charge in [-0.15, -0.1) is 57.2 Å². The molecule has 0 amide bonds. The highest BCUT2D eigenvalue weighted by Gasteiger charge is 2.26. The summed E-state index contributed by atoms with van der Waals surface area (Å²) in [5.74, 6) is 6.35. The molecule has 10 heterocycles. The van der Waals surface area contributed by atoms with Crippen LogP contribution < -0.4 is 54.4 Å². The summed E-state index contributed by atoms with van der Waals surface area (Å²) in [6.45, 7) is 2.53. The van der Waals surface area contributed by atoms with Gasteiger partial charge in [-0.2, -0.15) is 15.3 Å². The van der Waals surface area contributed by atoms with Gasteiger partial charge in [0.2, 0.25) is 11.9 Å². The highest BCUT2D eigenvalue weighted by Crippen LogP contribution is 2.40. The molecule has 1 saturated carbocycles. The Morgan fingerprint density at radius 1 is 0.338 bits per heavy atom. The van der Waals surface area contributed by atoms with Crippen LogP contribution in [0, 0.1) is 0 Å². The summed E-state index contributed by atoms with van der Waals surface area (Å²) in [7, 11) is 0. The van der Waals surface area contributed by atoms with E-state index in [0.717, 1.165) is 159 Å². The van der Waals surface area contributed by atoms with Gasteiger partial charge in [0, 0.05) is 91.3 Å². The second kappa shape index (κ2) is 47.2. The van der Waals surface area contributed by atoms with Gasteiger partial charge in [0.15, 0.2) is 0 Å². The minimum absolute atomic E-state index is 0.0553. The van der Waals surface area contributed by atoms with Crippen molar-refractivity contribution in [2.24, 2.45) is 0 Å². The first-order valence-electron chi connectivity index (χ1n) is 44.1. The smallest absolute Gasteiger partial charge is 0.271 e. The average molecular weight is 1850 g/mol. The normalized spacial score (nSPS) is 12.5. The van der Waals surface area contributed by atoms with Crippen LogP contribution in [0.1, 0.15) is 103 Å². The zero-order valence-corrected chi connectivity index (χ0v) is 75.9. The molecule has 0 spiro atoms. The first-order chi connectivity index (χ1) is 65.4. The lowest BCUT2D eigenvalue weighted by Crippen LogP contribution is -2.15. The van der Waals surface area contributed by atoms with Gasteiger partial charge in [0.1, 0.15) is 17.5 Å². The number of aromatic nitrogens is 20. The molecule has 0 bridgehead atoms. The Kier molecular flexibility index (Phi) is 32.5. The fourth-order valence-corrected chi connectivity index (χ4v) is 19.4. The van der Waals surface area contributed by atoms with Crippen LogP contribution in [0.4, 0.5) is 29.4 Å². The van der Waals surface area contributed by atoms with E-state index < -0.39 is 0 Å². The first-order valence-corrected chi connectivity index (χ1v) is 47.8. The van der Waals surface area contributed by atoms with E-state index in [2.05, 4.69) is 225 Å². The third-order valence-electron chi connectivity index (χ3n) is 22.1. The van der Waals surface area contributed by atoms with Crippen molar-refractivity contribution >= 4 is 131 Å². The summed E-state index contributed by atoms with van der Waals surface area (Å²) in [6.07, 6.45) is 21.4. The van der Waals surface area contributed by atoms with Crippen LogP contribution in [0.5, 0.6) is 0 Å². The molecular weight excluding hydrogens is 1750 g/mol. The van der Waals surface area contributed by atoms with Crippen molar-refractivity contribution < 1.29 is 0 Å². The number of hydrogen-bond acceptors (Lipinski definition) is 23. The van der Waals surface area contributed by atoms with Gasteiger partial charge < -0.3 is 26.6 Å². The number of aryl methyl sites for hydroxylation is 1. The number of fused-ring (bicyclic) bond motifs is 5. The van der Waals surface area contributed by atoms with Gasteiger partial charge in [-0.25, -0.2) is 19.9 Å². The molecule has 20 rings (SSSR count). The summed E-state index contributed by atoms with van der Waals surface area (Å²) < 4.78 is 0. The molecule has 1 aliphatic carbocycles. The Morgan fingerprint density at radius 3 is 1.23 bits per heavy atom. The number of benzene rings is 9. The van der Waals surface area contributed by atoms with E-state index in [1.165, 1.54) is 46.4 Å². The molecule has 0 radical (unpaired) electrons. The van der Waals surface area contributed by atoms with Crippen LogP contribution in [-0.2, 0) is 19.3 Å². The average Bonchev–Trinajstić information content (AvgIpc) is 1.73. The molecule has 133 heavy (non-hydrogen) atoms. The van der Waals surface area contributed by atoms with E-state index >= 15 is 0 Å². The van der Waals surface area contributed by atoms with E-state index in [1.807, 2.05) is 181 Å². The van der Waals surface area contributed by atoms with Crippen LogP contribution in [0.3, 0.4) is 0 Å². The quantitative estimate of drug-likeness (QED) is 0.0127. The zero-order valence-electron chi connectivity index (χ0n) is 72.6. The van der Waals surface area contributed by atoms with E-state index in [1.54, 1.807) is 60.7 Å². The molecule has 9 aromatic carbocycles. The Morgan fingerprint density at radius 2 is 0.759 bits per heavy atom. The molecule has 34 heteroatoms. The van der Waals surface area contributed by atoms with Crippen molar-refractivity contribution in [3.05, 3.63) is 377 Å². The van der Waals surface area contributed by atoms with Gasteiger partial charge in [-0.3, -0.25) is 80.1 Å². The van der Waals surface area contributed by atoms with E-state index in [4.69, 9.17) is 0 Å². The summed E-state index contributed by atoms with van der Waals surface area (Å²) in [6, 6.07) is 85.4. The molecule has 16 N–H and O–H groups in total. The number of unbranched alkanes of at least 4 members (excludes halogenated alkanes) is 1. The minimum Gasteiger partial charge on any atom is -0.370 e. The maximum atomic E-state index is 11.7. The molecule has 19 aromatic rings. The largest absolute Gasteiger partial charge is 0.370 e. The number of hydrogen-bond donors (Lipinski definition) is 16. The van der Waals surface area contributed by atoms with Crippen molar-refractivity contribution in [2.45, 2.75) is 119 Å². The highest BCUT2D eigenvalue weighted by atomic mass is 32.2. The minimum atomic E-state index is -0.0913. The summed E-state index contributed by atoms with van der Waals surface area (Å²) in [5, 5.41) is 72.0. The summed E-state index contributed by atoms with van der Waals surface area (Å²) in [4.78, 5) is 79.7. The fourth-order valence-electron chi connectivity index (χ4n) is 15.1. The Labute approximate surface area is 780 Å². The Bertz CT molecular complexity index is 6750. The van der Waals surface area contributed by atoms with Crippen molar-refractivity contribution in [1.82, 2.24) is 102 Å². The number of H-pyrrole nitrogens is 11. The Balaban J connectivity index is 0.000000121. The molecule has 4 atom stereocenters. The lowest BCUT2D eigenvalue weighted by atomic mass is 10.0. The third-order valence-corrected chi connectivity index (χ3v) is 26.6. The van der Waals surface area contributed by atoms with Crippen molar-refractivity contribution in [3.63, 3.8) is 0 Å². The van der Waals surface area contributed by atoms with Crippen LogP contribution in [-0.4, -0.2) is 143 Å². The van der Waals surface area contributed by atoms with E-state index in [0.29, 0.717) is 49.9 Å². The standard InChI is InChI=1S/C22H22N4OS.C21H20N4OS.C20H20N6OS.C19H18N6OS.C17H21N5O/c27-22-19-10-9-17(15-20(19)25-26-22)28-18(14-16-6-2-1-3-7-16)11-13-24-21-8-4-5-12-23-21;26-21-17-10-9-16(14-19(17)24-25-21)27-13-11-18(15-6-2-1-3-7-15)23-20-8-4-5-12-22-20;27-19-17-7-6-15(13-18(17)24-25-19)28-16(12-14-4-2-1-3-5-14)8-9-21-20-22-10-11-23-26-20;26-18-15-7-6-14(12-17(15)23-24-18)27-11-8-16(13-4-2-1-3-5-13)22-19-20-9-10-21-25-19;23-17-13-7-4-11(9-15(13)20-22-17)3-1-2-8-18-16-10-14(19-21-16)12-5-6-12/h1-10,12,15,18H,11,13-14H2,(H,23,24)(H2,25,26,27);1-10,12,14,18H,11,13H2,(H,22,23)(H2,24,25,26);1-7,10-11,13,16H,8-9,12H2,(H,21,22,26)(H2,24,25,27);1-7,9-10,12,16H,8,11H2,(H,20,22,25)(H2,23,24,26);4,7,9-10,12H,1-3,5-6,8H2,(H2,18,19,21)(H2,20,22,23). The molecule has 1 fully saturated rings. The molecule has 1 aliphatic rings. The van der Waals surface area contributed by atoms with Crippen molar-refractivity contribution in [3.8, 4) is 0 Å². The predicted octanol–water partition coefficient (Wildman–Crippen LogP) is 18.6. The fraction of sp³-hybridized carbons (Fsp3) is 0.212. The third kappa shape index (κ3) is 27.2. The second-order valence-corrected chi connectivity index (χ2v) is 36.7. The number of anilines is 5. The summed E-state index contributed by atoms with van der Waals surface area (Å²) >= 11 is 7.18. The lowest BCUT2D eigenvalue weighted by molar-refractivity contribution is 0.738. The van der Waals surface area contributed by atoms with Gasteiger partial charge in [-0.05, 0) is 208 Å². The summed E-state index contributed by atoms with van der Waals surface area (Å²) in [5.41, 5.74) is 11.4. The van der Waals surface area contributed by atoms with Gasteiger partial charge in [0.05, 0.1) is 91.4 Å². The maximum Gasteiger partial charge on any atom is 0.271 e. The van der Waals surface area contributed by atoms with Crippen LogP contribution in [0.25, 0.3) is 54.5 Å². The zero-order chi connectivity index (χ0) is 91.0. The molecule has 0 aliphatic heterocycles. The number of pyridine rings is 2. The van der Waals surface area contributed by atoms with Crippen LogP contribution >= 0.6 is 47.0 Å². The molecule has 30 nitrogen and oxygen atoms in total. The van der Waals surface area contributed by atoms with E-state index in [9.17, 15) is 24.0 Å². The molecule has 4 unspecified atom stereocenters. The van der Waals surface area contributed by atoms with Crippen LogP contribution in [0.2, 0.25) is 0 Å². The molecule has 0 saturated heterocycles. The van der Waals surface area contributed by atoms with E-state index in [-0.39, 0.29) is 39.9 Å². The number of rotatable bonds is 37. The maximum absolute atomic E-state index is 11.7. The number of aromatic amines is 11. The topological polar surface area (TPSA) is 435 Å². The lowest BCUT2D eigenvalue weighted by Gasteiger charge is -2.19. The predicted molar refractivity (Wildman–Crippen MR) is 537 cm³/mol. The first kappa shape index (κ1) is 91.6. The Hall–Kier alpha value is -14.7. The van der Waals surface area contributed by atoms with Crippen molar-refractivity contribution in [1.29, 1.82) is 0 Å². The van der Waals surface area contributed by atoms with Crippen LogP contribution in [0.15, 0.2) is 336 Å². The number of thioether (sulfide) groups is 4. The second-order valence-electron chi connectivity index (χ2n) is 31.6. The molecule has 10 aromatic heterocycles. The molecular formula is C99H101N25O5S4. The van der Waals surface area contributed by atoms with Gasteiger partial charge in [0.25, 0.3) is 27.8 Å². The monoisotopic (exact) mass is 1850 g/mol. The number of nitrogens with zero attached hydrogens (tertiary/aromatic N) is 9. The SMILES string of the molecule is O=c1[nH][nH]c2cc(CCCCNc3cc(C4CC4)[nH]n3)ccc12.O=c1[nH][nH]c2cc(SC(CCNc3ccccn3)Cc3ccccc3)ccc12.O=c1[nH][nH]c2cc(SC(CCNc3nccnn3)Cc3ccccc3)ccc12.O=c1[nH][nH]c2cc(SCCC(Nc3ccccn3)c3ccccc3)ccc12.O=c1[nH][nH]c2cc(SCCC(Nc3nccnn3)c3ccccc3)ccc12.